The average Bonchev–Trinajstić information content (AvgIpc) is 2.44. The summed E-state index contributed by atoms with van der Waals surface area (Å²) in [5, 5.41) is 11.3. The van der Waals surface area contributed by atoms with E-state index in [1.165, 1.54) is 6.92 Å². The van der Waals surface area contributed by atoms with Crippen LogP contribution in [-0.2, 0) is 14.4 Å². The fraction of sp³-hybridized carbons (Fsp3) is 0.812. The van der Waals surface area contributed by atoms with Gasteiger partial charge in [-0.2, -0.15) is 0 Å². The van der Waals surface area contributed by atoms with E-state index >= 15 is 0 Å². The Labute approximate surface area is 132 Å². The number of Topliss-reactive ketones (excluding diaryl/α,β-unsaturated/α-hetero) is 1. The van der Waals surface area contributed by atoms with Crippen molar-refractivity contribution in [3.05, 3.63) is 0 Å². The highest BCUT2D eigenvalue weighted by Gasteiger charge is 2.16. The molecule has 0 aromatic carbocycles. The van der Waals surface area contributed by atoms with E-state index in [9.17, 15) is 14.4 Å². The van der Waals surface area contributed by atoms with E-state index in [0.717, 1.165) is 38.5 Å². The van der Waals surface area contributed by atoms with Gasteiger partial charge in [0, 0.05) is 12.8 Å². The highest BCUT2D eigenvalue weighted by Crippen LogP contribution is 2.08. The van der Waals surface area contributed by atoms with Crippen LogP contribution < -0.4 is 11.1 Å². The Kier molecular flexibility index (Phi) is 12.4. The molecular weight excluding hydrogens is 284 g/mol. The second kappa shape index (κ2) is 13.2. The summed E-state index contributed by atoms with van der Waals surface area (Å²) in [7, 11) is 0. The molecule has 0 fully saturated rings. The van der Waals surface area contributed by atoms with Crippen LogP contribution in [0.15, 0.2) is 0 Å². The van der Waals surface area contributed by atoms with Gasteiger partial charge in [-0.3, -0.25) is 14.4 Å². The maximum atomic E-state index is 11.8. The van der Waals surface area contributed by atoms with Crippen molar-refractivity contribution in [2.75, 3.05) is 6.54 Å². The number of nitrogens with one attached hydrogen (secondary N) is 1. The van der Waals surface area contributed by atoms with Crippen molar-refractivity contribution < 1.29 is 19.5 Å². The highest BCUT2D eigenvalue weighted by molar-refractivity contribution is 5.87. The summed E-state index contributed by atoms with van der Waals surface area (Å²) in [6, 6.07) is -0.394. The number of carbonyl (C=O) groups excluding carboxylic acids is 2. The number of carbonyl (C=O) groups is 3. The van der Waals surface area contributed by atoms with Gasteiger partial charge in [0.15, 0.2) is 5.78 Å². The fourth-order valence-corrected chi connectivity index (χ4v) is 2.23. The van der Waals surface area contributed by atoms with Gasteiger partial charge < -0.3 is 16.2 Å². The van der Waals surface area contributed by atoms with Gasteiger partial charge in [0.2, 0.25) is 5.91 Å². The molecule has 0 unspecified atom stereocenters. The predicted octanol–water partition coefficient (Wildman–Crippen LogP) is 2.00. The quantitative estimate of drug-likeness (QED) is 0.425. The summed E-state index contributed by atoms with van der Waals surface area (Å²) in [6.07, 6.45) is 7.15. The summed E-state index contributed by atoms with van der Waals surface area (Å²) < 4.78 is 0. The van der Waals surface area contributed by atoms with Crippen molar-refractivity contribution in [2.45, 2.75) is 77.2 Å². The number of unbranched alkanes of at least 4 members (excludes halogenated alkanes) is 5. The second-order valence-corrected chi connectivity index (χ2v) is 5.68. The van der Waals surface area contributed by atoms with Crippen molar-refractivity contribution in [3.63, 3.8) is 0 Å². The van der Waals surface area contributed by atoms with E-state index in [-0.39, 0.29) is 18.1 Å². The Morgan fingerprint density at radius 2 is 1.55 bits per heavy atom. The summed E-state index contributed by atoms with van der Waals surface area (Å²) >= 11 is 0. The molecule has 0 radical (unpaired) electrons. The molecule has 22 heavy (non-hydrogen) atoms. The number of hydrogen-bond acceptors (Lipinski definition) is 4. The number of aliphatic carboxylic acids is 1. The Hall–Kier alpha value is -1.43. The molecule has 0 spiro atoms. The molecule has 4 N–H and O–H groups in total. The van der Waals surface area contributed by atoms with E-state index in [1.54, 1.807) is 0 Å². The molecular formula is C16H30N2O4. The molecule has 0 heterocycles. The summed E-state index contributed by atoms with van der Waals surface area (Å²) in [5.74, 6) is -0.859. The lowest BCUT2D eigenvalue weighted by molar-refractivity contribution is -0.137. The van der Waals surface area contributed by atoms with Crippen LogP contribution in [0.1, 0.15) is 71.1 Å². The van der Waals surface area contributed by atoms with Gasteiger partial charge in [-0.25, -0.2) is 0 Å². The van der Waals surface area contributed by atoms with Gasteiger partial charge in [0.1, 0.15) is 0 Å². The molecule has 0 aromatic rings. The largest absolute Gasteiger partial charge is 0.481 e. The standard InChI is InChI=1S/C16H30N2O4/c1-13(19)14(9-7-8-12-17)18-15(20)10-5-3-2-4-6-11-16(21)22/h14H,2-12,17H2,1H3,(H,18,20)(H,21,22)/t14-/m0/s1. The van der Waals surface area contributed by atoms with E-state index in [2.05, 4.69) is 5.32 Å². The number of ketones is 1. The lowest BCUT2D eigenvalue weighted by Crippen LogP contribution is -2.39. The normalized spacial score (nSPS) is 11.9. The van der Waals surface area contributed by atoms with Gasteiger partial charge in [-0.1, -0.05) is 19.3 Å². The first-order valence-corrected chi connectivity index (χ1v) is 8.19. The zero-order valence-electron chi connectivity index (χ0n) is 13.6. The topological polar surface area (TPSA) is 109 Å². The number of carboxylic acid groups (broad SMARTS) is 1. The van der Waals surface area contributed by atoms with Gasteiger partial charge in [-0.15, -0.1) is 0 Å². The van der Waals surface area contributed by atoms with E-state index in [0.29, 0.717) is 25.8 Å². The number of hydrogen-bond donors (Lipinski definition) is 3. The smallest absolute Gasteiger partial charge is 0.303 e. The number of carboxylic acids is 1. The zero-order chi connectivity index (χ0) is 16.8. The summed E-state index contributed by atoms with van der Waals surface area (Å²) in [4.78, 5) is 33.6. The third-order valence-corrected chi connectivity index (χ3v) is 3.57. The minimum Gasteiger partial charge on any atom is -0.481 e. The van der Waals surface area contributed by atoms with Crippen LogP contribution in [0.4, 0.5) is 0 Å². The molecule has 0 bridgehead atoms. The van der Waals surface area contributed by atoms with Crippen molar-refractivity contribution in [1.29, 1.82) is 0 Å². The third-order valence-electron chi connectivity index (χ3n) is 3.57. The van der Waals surface area contributed by atoms with Crippen LogP contribution in [0, 0.1) is 0 Å². The van der Waals surface area contributed by atoms with Crippen LogP contribution in [0.25, 0.3) is 0 Å². The van der Waals surface area contributed by atoms with Crippen LogP contribution in [0.5, 0.6) is 0 Å². The maximum Gasteiger partial charge on any atom is 0.303 e. The Morgan fingerprint density at radius 1 is 0.955 bits per heavy atom. The first-order valence-electron chi connectivity index (χ1n) is 8.19. The predicted molar refractivity (Wildman–Crippen MR) is 85.5 cm³/mol. The fourth-order valence-electron chi connectivity index (χ4n) is 2.23. The molecule has 1 amide bonds. The Morgan fingerprint density at radius 3 is 2.09 bits per heavy atom. The molecule has 0 aliphatic heterocycles. The SMILES string of the molecule is CC(=O)[C@H](CCCCN)NC(=O)CCCCCCCC(=O)O. The first kappa shape index (κ1) is 20.6. The number of nitrogens with two attached hydrogens (primary N) is 1. The van der Waals surface area contributed by atoms with Crippen LogP contribution in [-0.4, -0.2) is 35.4 Å². The zero-order valence-corrected chi connectivity index (χ0v) is 13.6. The van der Waals surface area contributed by atoms with Crippen LogP contribution in [0.3, 0.4) is 0 Å². The molecule has 1 atom stereocenters. The molecule has 0 rings (SSSR count). The molecule has 0 aliphatic rings. The monoisotopic (exact) mass is 314 g/mol. The third kappa shape index (κ3) is 12.3. The molecule has 128 valence electrons. The first-order chi connectivity index (χ1) is 10.5. The molecule has 0 saturated carbocycles. The summed E-state index contributed by atoms with van der Waals surface area (Å²) in [5.41, 5.74) is 5.42. The minimum absolute atomic E-state index is 0.0148. The molecule has 0 aromatic heterocycles. The van der Waals surface area contributed by atoms with Crippen molar-refractivity contribution in [1.82, 2.24) is 5.32 Å². The van der Waals surface area contributed by atoms with E-state index in [4.69, 9.17) is 10.8 Å². The van der Waals surface area contributed by atoms with Gasteiger partial charge in [0.05, 0.1) is 6.04 Å². The summed E-state index contributed by atoms with van der Waals surface area (Å²) in [6.45, 7) is 2.09. The van der Waals surface area contributed by atoms with Crippen molar-refractivity contribution in [3.8, 4) is 0 Å². The Bertz CT molecular complexity index is 345. The van der Waals surface area contributed by atoms with Crippen molar-refractivity contribution in [2.24, 2.45) is 5.73 Å². The van der Waals surface area contributed by atoms with Gasteiger partial charge >= 0.3 is 5.97 Å². The highest BCUT2D eigenvalue weighted by atomic mass is 16.4. The van der Waals surface area contributed by atoms with Crippen LogP contribution in [0.2, 0.25) is 0 Å². The number of amides is 1. The van der Waals surface area contributed by atoms with Gasteiger partial charge in [-0.05, 0) is 45.6 Å². The molecule has 6 nitrogen and oxygen atoms in total. The molecule has 0 saturated heterocycles. The lowest BCUT2D eigenvalue weighted by Gasteiger charge is -2.15. The average molecular weight is 314 g/mol. The second-order valence-electron chi connectivity index (χ2n) is 5.68. The van der Waals surface area contributed by atoms with Crippen LogP contribution >= 0.6 is 0 Å². The maximum absolute atomic E-state index is 11.8. The van der Waals surface area contributed by atoms with E-state index < -0.39 is 12.0 Å². The Balaban J connectivity index is 3.72. The molecule has 6 heteroatoms. The van der Waals surface area contributed by atoms with Crippen molar-refractivity contribution >= 4 is 17.7 Å². The number of rotatable bonds is 14. The van der Waals surface area contributed by atoms with Gasteiger partial charge in [0.25, 0.3) is 0 Å². The van der Waals surface area contributed by atoms with E-state index in [1.807, 2.05) is 0 Å². The molecule has 0 aliphatic carbocycles. The minimum atomic E-state index is -0.760. The lowest BCUT2D eigenvalue weighted by atomic mass is 10.1.